The van der Waals surface area contributed by atoms with E-state index in [9.17, 15) is 0 Å². The lowest BCUT2D eigenvalue weighted by atomic mass is 10.6. The van der Waals surface area contributed by atoms with Crippen molar-refractivity contribution in [2.24, 2.45) is 5.73 Å². The summed E-state index contributed by atoms with van der Waals surface area (Å²) in [5.74, 6) is 0.365. The normalized spacial score (nSPS) is 12.0. The van der Waals surface area contributed by atoms with E-state index < -0.39 is 0 Å². The molecule has 0 unspecified atom stereocenters. The maximum atomic E-state index is 5.21. The number of hydrogen-bond donors (Lipinski definition) is 2. The van der Waals surface area contributed by atoms with Crippen molar-refractivity contribution in [1.82, 2.24) is 0 Å². The highest BCUT2D eigenvalue weighted by molar-refractivity contribution is 7.83. The lowest BCUT2D eigenvalue weighted by Crippen LogP contribution is -1.95. The van der Waals surface area contributed by atoms with Gasteiger partial charge in [0.05, 0.1) is 5.88 Å². The molecule has 0 radical (unpaired) electrons. The molecule has 0 aliphatic heterocycles. The first-order valence-electron chi connectivity index (χ1n) is 1.46. The summed E-state index contributed by atoms with van der Waals surface area (Å²) in [5.41, 5.74) is 5.72. The summed E-state index contributed by atoms with van der Waals surface area (Å²) >= 11 is 8.93. The third kappa shape index (κ3) is 2.42. The number of nitrogens with two attached hydrogens (primary N) is 1. The lowest BCUT2D eigenvalue weighted by Gasteiger charge is -1.83. The molecule has 0 aromatic carbocycles. The molecule has 0 aromatic rings. The SMILES string of the molecule is N/C(=C\S)CCl. The van der Waals surface area contributed by atoms with Crippen LogP contribution < -0.4 is 5.73 Å². The van der Waals surface area contributed by atoms with Crippen LogP contribution in [-0.4, -0.2) is 5.88 Å². The molecule has 0 saturated carbocycles. The van der Waals surface area contributed by atoms with Crippen LogP contribution in [0.25, 0.3) is 0 Å². The number of halogens is 1. The van der Waals surface area contributed by atoms with Crippen LogP contribution in [0.5, 0.6) is 0 Å². The average Bonchev–Trinajstić information content (AvgIpc) is 1.65. The van der Waals surface area contributed by atoms with Crippen molar-refractivity contribution in [2.45, 2.75) is 0 Å². The molecule has 0 aliphatic carbocycles. The average molecular weight is 124 g/mol. The maximum Gasteiger partial charge on any atom is 0.0624 e. The minimum absolute atomic E-state index is 0.365. The molecule has 0 spiro atoms. The van der Waals surface area contributed by atoms with Gasteiger partial charge in [-0.25, -0.2) is 0 Å². The second-order valence-corrected chi connectivity index (χ2v) is 1.36. The van der Waals surface area contributed by atoms with Gasteiger partial charge in [-0.2, -0.15) is 0 Å². The zero-order valence-corrected chi connectivity index (χ0v) is 4.84. The Kier molecular flexibility index (Phi) is 3.47. The van der Waals surface area contributed by atoms with Crippen molar-refractivity contribution in [3.63, 3.8) is 0 Å². The van der Waals surface area contributed by atoms with E-state index in [1.165, 1.54) is 5.41 Å². The largest absolute Gasteiger partial charge is 0.401 e. The van der Waals surface area contributed by atoms with Gasteiger partial charge in [0.2, 0.25) is 0 Å². The van der Waals surface area contributed by atoms with Gasteiger partial charge in [-0.15, -0.1) is 24.2 Å². The molecule has 0 bridgehead atoms. The van der Waals surface area contributed by atoms with Crippen LogP contribution in [0.2, 0.25) is 0 Å². The fourth-order valence-electron chi connectivity index (χ4n) is 0.0345. The van der Waals surface area contributed by atoms with Crippen LogP contribution in [0.15, 0.2) is 11.1 Å². The van der Waals surface area contributed by atoms with Gasteiger partial charge < -0.3 is 5.73 Å². The smallest absolute Gasteiger partial charge is 0.0624 e. The predicted octanol–water partition coefficient (Wildman–Crippen LogP) is 0.955. The van der Waals surface area contributed by atoms with Crippen molar-refractivity contribution in [1.29, 1.82) is 0 Å². The third-order valence-corrected chi connectivity index (χ3v) is 0.960. The van der Waals surface area contributed by atoms with Crippen molar-refractivity contribution in [2.75, 3.05) is 5.88 Å². The summed E-state index contributed by atoms with van der Waals surface area (Å²) in [6.45, 7) is 0. The fourth-order valence-corrected chi connectivity index (χ4v) is 0.311. The standard InChI is InChI=1S/C3H6ClNS/c4-1-3(5)2-6/h2,6H,1,5H2/b3-2-. The first kappa shape index (κ1) is 6.18. The van der Waals surface area contributed by atoms with E-state index in [2.05, 4.69) is 12.6 Å². The van der Waals surface area contributed by atoms with Gasteiger partial charge in [0.25, 0.3) is 0 Å². The molecule has 0 saturated heterocycles. The molecule has 3 heteroatoms. The molecule has 2 N–H and O–H groups in total. The third-order valence-electron chi connectivity index (χ3n) is 0.320. The summed E-state index contributed by atoms with van der Waals surface area (Å²) in [4.78, 5) is 0. The van der Waals surface area contributed by atoms with Crippen molar-refractivity contribution in [3.05, 3.63) is 11.1 Å². The Bertz CT molecular complexity index is 61.8. The van der Waals surface area contributed by atoms with E-state index in [0.29, 0.717) is 11.6 Å². The molecule has 0 fully saturated rings. The quantitative estimate of drug-likeness (QED) is 0.394. The number of rotatable bonds is 1. The molecule has 36 valence electrons. The lowest BCUT2D eigenvalue weighted by molar-refractivity contribution is 1.34. The number of allylic oxidation sites excluding steroid dienone is 1. The van der Waals surface area contributed by atoms with Gasteiger partial charge >= 0.3 is 0 Å². The second kappa shape index (κ2) is 3.37. The topological polar surface area (TPSA) is 26.0 Å². The molecule has 6 heavy (non-hydrogen) atoms. The van der Waals surface area contributed by atoms with Crippen molar-refractivity contribution >= 4 is 24.2 Å². The molecule has 0 heterocycles. The molecule has 0 atom stereocenters. The van der Waals surface area contributed by atoms with Crippen LogP contribution >= 0.6 is 24.2 Å². The van der Waals surface area contributed by atoms with E-state index in [4.69, 9.17) is 17.3 Å². The van der Waals surface area contributed by atoms with Crippen LogP contribution in [0.1, 0.15) is 0 Å². The van der Waals surface area contributed by atoms with Gasteiger partial charge in [-0.05, 0) is 5.41 Å². The van der Waals surface area contributed by atoms with Gasteiger partial charge in [-0.1, -0.05) is 0 Å². The molecule has 0 aromatic heterocycles. The van der Waals surface area contributed by atoms with Gasteiger partial charge in [0.1, 0.15) is 0 Å². The summed E-state index contributed by atoms with van der Waals surface area (Å²) < 4.78 is 0. The molecule has 0 rings (SSSR count). The second-order valence-electron chi connectivity index (χ2n) is 0.838. The van der Waals surface area contributed by atoms with E-state index >= 15 is 0 Å². The Labute approximate surface area is 47.6 Å². The van der Waals surface area contributed by atoms with E-state index in [0.717, 1.165) is 0 Å². The van der Waals surface area contributed by atoms with Crippen LogP contribution in [0.4, 0.5) is 0 Å². The van der Waals surface area contributed by atoms with Crippen molar-refractivity contribution < 1.29 is 0 Å². The maximum absolute atomic E-state index is 5.21. The van der Waals surface area contributed by atoms with Crippen LogP contribution in [-0.2, 0) is 0 Å². The van der Waals surface area contributed by atoms with E-state index in [1.54, 1.807) is 0 Å². The molecular formula is C3H6ClNS. The first-order valence-corrected chi connectivity index (χ1v) is 2.51. The minimum Gasteiger partial charge on any atom is -0.401 e. The Hall–Kier alpha value is 0.180. The summed E-state index contributed by atoms with van der Waals surface area (Å²) in [7, 11) is 0. The zero-order chi connectivity index (χ0) is 4.99. The summed E-state index contributed by atoms with van der Waals surface area (Å²) in [5, 5.41) is 1.48. The fraction of sp³-hybridized carbons (Fsp3) is 0.333. The molecule has 0 amide bonds. The Morgan fingerprint density at radius 3 is 2.50 bits per heavy atom. The first-order chi connectivity index (χ1) is 2.81. The van der Waals surface area contributed by atoms with Crippen LogP contribution in [0, 0.1) is 0 Å². The van der Waals surface area contributed by atoms with Crippen molar-refractivity contribution in [3.8, 4) is 0 Å². The zero-order valence-electron chi connectivity index (χ0n) is 3.19. The summed E-state index contributed by atoms with van der Waals surface area (Å²) in [6, 6.07) is 0. The molecule has 0 aliphatic rings. The Morgan fingerprint density at radius 2 is 2.50 bits per heavy atom. The highest BCUT2D eigenvalue weighted by Crippen LogP contribution is 1.87. The van der Waals surface area contributed by atoms with Gasteiger partial charge in [-0.3, -0.25) is 0 Å². The van der Waals surface area contributed by atoms with Crippen LogP contribution in [0.3, 0.4) is 0 Å². The highest BCUT2D eigenvalue weighted by Gasteiger charge is 1.76. The Morgan fingerprint density at radius 1 is 2.00 bits per heavy atom. The number of thiol groups is 1. The minimum atomic E-state index is 0.365. The highest BCUT2D eigenvalue weighted by atomic mass is 35.5. The Balaban J connectivity index is 3.22. The number of hydrogen-bond acceptors (Lipinski definition) is 2. The predicted molar refractivity (Wildman–Crippen MR) is 32.0 cm³/mol. The molecular weight excluding hydrogens is 118 g/mol. The van der Waals surface area contributed by atoms with E-state index in [1.807, 2.05) is 0 Å². The monoisotopic (exact) mass is 123 g/mol. The summed E-state index contributed by atoms with van der Waals surface area (Å²) in [6.07, 6.45) is 0. The van der Waals surface area contributed by atoms with E-state index in [-0.39, 0.29) is 0 Å². The molecule has 1 nitrogen and oxygen atoms in total. The number of alkyl halides is 1. The van der Waals surface area contributed by atoms with Gasteiger partial charge in [0, 0.05) is 5.70 Å². The van der Waals surface area contributed by atoms with Gasteiger partial charge in [0.15, 0.2) is 0 Å².